The van der Waals surface area contributed by atoms with Gasteiger partial charge in [0.05, 0.1) is 12.5 Å². The maximum atomic E-state index is 12.4. The molecule has 3 aliphatic carbocycles. The number of esters is 1. The summed E-state index contributed by atoms with van der Waals surface area (Å²) in [6.45, 7) is 3.08. The number of hydrogen-bond donors (Lipinski definition) is 0. The van der Waals surface area contributed by atoms with Gasteiger partial charge in [0.15, 0.2) is 0 Å². The van der Waals surface area contributed by atoms with Crippen molar-refractivity contribution in [3.63, 3.8) is 0 Å². The van der Waals surface area contributed by atoms with Crippen LogP contribution in [0.2, 0.25) is 0 Å². The van der Waals surface area contributed by atoms with Crippen LogP contribution in [0.5, 0.6) is 0 Å². The molecule has 3 rings (SSSR count). The molecular weight excluding hydrogens is 284 g/mol. The quantitative estimate of drug-likeness (QED) is 0.617. The van der Waals surface area contributed by atoms with Gasteiger partial charge in [0.25, 0.3) is 0 Å². The average molecular weight is 321 g/mol. The van der Waals surface area contributed by atoms with E-state index in [1.54, 1.807) is 0 Å². The minimum Gasteiger partial charge on any atom is -0.465 e. The van der Waals surface area contributed by atoms with Crippen molar-refractivity contribution in [1.82, 2.24) is 0 Å². The monoisotopic (exact) mass is 320 g/mol. The fraction of sp³-hybridized carbons (Fsp3) is 0.952. The van der Waals surface area contributed by atoms with Crippen molar-refractivity contribution in [2.45, 2.75) is 90.4 Å². The standard InChI is InChI=1S/C21H36O2/c1-16-14-19(12-13-20(16)18-10-6-3-7-11-18)21(22)23-15-17-8-4-2-5-9-17/h16-20H,2-15H2,1H3. The smallest absolute Gasteiger partial charge is 0.308 e. The molecule has 0 spiro atoms. The first-order valence-corrected chi connectivity index (χ1v) is 10.4. The zero-order valence-corrected chi connectivity index (χ0v) is 15.1. The van der Waals surface area contributed by atoms with Gasteiger partial charge in [-0.25, -0.2) is 0 Å². The van der Waals surface area contributed by atoms with Crippen molar-refractivity contribution in [2.75, 3.05) is 6.61 Å². The molecule has 0 aromatic heterocycles. The van der Waals surface area contributed by atoms with Crippen molar-refractivity contribution in [2.24, 2.45) is 29.6 Å². The van der Waals surface area contributed by atoms with E-state index in [2.05, 4.69) is 6.92 Å². The lowest BCUT2D eigenvalue weighted by Gasteiger charge is -2.39. The minimum atomic E-state index is 0.115. The van der Waals surface area contributed by atoms with Crippen molar-refractivity contribution >= 4 is 5.97 Å². The summed E-state index contributed by atoms with van der Waals surface area (Å²) in [5.74, 6) is 3.47. The topological polar surface area (TPSA) is 26.3 Å². The molecule has 3 aliphatic rings. The summed E-state index contributed by atoms with van der Waals surface area (Å²) in [6.07, 6.45) is 17.1. The van der Waals surface area contributed by atoms with Gasteiger partial charge < -0.3 is 4.74 Å². The van der Waals surface area contributed by atoms with Crippen LogP contribution in [0.3, 0.4) is 0 Å². The van der Waals surface area contributed by atoms with Gasteiger partial charge in [-0.2, -0.15) is 0 Å². The maximum Gasteiger partial charge on any atom is 0.308 e. The van der Waals surface area contributed by atoms with E-state index in [0.29, 0.717) is 18.4 Å². The zero-order chi connectivity index (χ0) is 16.1. The van der Waals surface area contributed by atoms with Gasteiger partial charge in [-0.3, -0.25) is 4.79 Å². The van der Waals surface area contributed by atoms with Crippen LogP contribution in [0.4, 0.5) is 0 Å². The molecule has 3 unspecified atom stereocenters. The maximum absolute atomic E-state index is 12.4. The molecule has 0 bridgehead atoms. The van der Waals surface area contributed by atoms with Gasteiger partial charge in [0.1, 0.15) is 0 Å². The van der Waals surface area contributed by atoms with Crippen LogP contribution < -0.4 is 0 Å². The lowest BCUT2D eigenvalue weighted by atomic mass is 9.66. The second-order valence-electron chi connectivity index (χ2n) is 8.68. The molecule has 0 saturated heterocycles. The summed E-state index contributed by atoms with van der Waals surface area (Å²) < 4.78 is 5.71. The van der Waals surface area contributed by atoms with Crippen LogP contribution in [0.15, 0.2) is 0 Å². The Bertz CT molecular complexity index is 366. The zero-order valence-electron chi connectivity index (χ0n) is 15.1. The SMILES string of the molecule is CC1CC(C(=O)OCC2CCCCC2)CCC1C1CCCCC1. The molecule has 0 aromatic carbocycles. The van der Waals surface area contributed by atoms with Gasteiger partial charge in [0.2, 0.25) is 0 Å². The molecule has 0 N–H and O–H groups in total. The highest BCUT2D eigenvalue weighted by Gasteiger charge is 2.36. The Hall–Kier alpha value is -0.530. The second-order valence-corrected chi connectivity index (χ2v) is 8.68. The number of hydrogen-bond acceptors (Lipinski definition) is 2. The Morgan fingerprint density at radius 1 is 0.870 bits per heavy atom. The number of carbonyl (C=O) groups excluding carboxylic acids is 1. The lowest BCUT2D eigenvalue weighted by Crippen LogP contribution is -2.34. The third kappa shape index (κ3) is 4.73. The highest BCUT2D eigenvalue weighted by atomic mass is 16.5. The second kappa shape index (κ2) is 8.53. The predicted molar refractivity (Wildman–Crippen MR) is 94.1 cm³/mol. The number of carbonyl (C=O) groups is 1. The van der Waals surface area contributed by atoms with Crippen LogP contribution in [0, 0.1) is 29.6 Å². The van der Waals surface area contributed by atoms with Crippen LogP contribution >= 0.6 is 0 Å². The van der Waals surface area contributed by atoms with Gasteiger partial charge >= 0.3 is 5.97 Å². The Labute approximate surface area is 142 Å². The molecule has 0 aliphatic heterocycles. The third-order valence-electron chi connectivity index (χ3n) is 7.01. The first-order chi connectivity index (χ1) is 11.2. The highest BCUT2D eigenvalue weighted by Crippen LogP contribution is 2.43. The molecule has 3 atom stereocenters. The van der Waals surface area contributed by atoms with E-state index in [0.717, 1.165) is 24.7 Å². The molecule has 3 fully saturated rings. The normalized spacial score (nSPS) is 34.2. The van der Waals surface area contributed by atoms with Gasteiger partial charge in [0, 0.05) is 0 Å². The summed E-state index contributed by atoms with van der Waals surface area (Å²) in [5.41, 5.74) is 0. The third-order valence-corrected chi connectivity index (χ3v) is 7.01. The van der Waals surface area contributed by atoms with Crippen LogP contribution in [0.1, 0.15) is 90.4 Å². The molecule has 0 aromatic rings. The first kappa shape index (κ1) is 17.3. The summed E-state index contributed by atoms with van der Waals surface area (Å²) in [4.78, 5) is 12.4. The van der Waals surface area contributed by atoms with Crippen molar-refractivity contribution in [1.29, 1.82) is 0 Å². The van der Waals surface area contributed by atoms with Crippen LogP contribution in [0.25, 0.3) is 0 Å². The Morgan fingerprint density at radius 3 is 2.17 bits per heavy atom. The molecule has 2 nitrogen and oxygen atoms in total. The van der Waals surface area contributed by atoms with Crippen LogP contribution in [-0.4, -0.2) is 12.6 Å². The molecule has 0 radical (unpaired) electrons. The van der Waals surface area contributed by atoms with E-state index in [1.165, 1.54) is 70.6 Å². The first-order valence-electron chi connectivity index (χ1n) is 10.4. The Balaban J connectivity index is 1.42. The van der Waals surface area contributed by atoms with Gasteiger partial charge in [-0.15, -0.1) is 0 Å². The Kier molecular flexibility index (Phi) is 6.42. The van der Waals surface area contributed by atoms with E-state index < -0.39 is 0 Å². The fourth-order valence-electron chi connectivity index (χ4n) is 5.57. The average Bonchev–Trinajstić information content (AvgIpc) is 2.61. The highest BCUT2D eigenvalue weighted by molar-refractivity contribution is 5.72. The number of ether oxygens (including phenoxy) is 1. The van der Waals surface area contributed by atoms with Gasteiger partial charge in [-0.05, 0) is 55.8 Å². The van der Waals surface area contributed by atoms with Crippen molar-refractivity contribution in [3.8, 4) is 0 Å². The Morgan fingerprint density at radius 2 is 1.52 bits per heavy atom. The van der Waals surface area contributed by atoms with Gasteiger partial charge in [-0.1, -0.05) is 58.3 Å². The molecule has 132 valence electrons. The van der Waals surface area contributed by atoms with Crippen LogP contribution in [-0.2, 0) is 9.53 Å². The van der Waals surface area contributed by atoms with E-state index in [1.807, 2.05) is 0 Å². The molecule has 23 heavy (non-hydrogen) atoms. The van der Waals surface area contributed by atoms with E-state index in [4.69, 9.17) is 4.74 Å². The predicted octanol–water partition coefficient (Wildman–Crippen LogP) is 5.74. The summed E-state index contributed by atoms with van der Waals surface area (Å²) in [5, 5.41) is 0. The molecule has 3 saturated carbocycles. The van der Waals surface area contributed by atoms with Crippen molar-refractivity contribution < 1.29 is 9.53 Å². The lowest BCUT2D eigenvalue weighted by molar-refractivity contribution is -0.152. The summed E-state index contributed by atoms with van der Waals surface area (Å²) >= 11 is 0. The summed E-state index contributed by atoms with van der Waals surface area (Å²) in [6, 6.07) is 0. The molecule has 0 amide bonds. The minimum absolute atomic E-state index is 0.115. The van der Waals surface area contributed by atoms with E-state index in [9.17, 15) is 4.79 Å². The summed E-state index contributed by atoms with van der Waals surface area (Å²) in [7, 11) is 0. The van der Waals surface area contributed by atoms with E-state index >= 15 is 0 Å². The molecular formula is C21H36O2. The fourth-order valence-corrected chi connectivity index (χ4v) is 5.57. The van der Waals surface area contributed by atoms with Crippen molar-refractivity contribution in [3.05, 3.63) is 0 Å². The molecule has 0 heterocycles. The number of rotatable bonds is 4. The van der Waals surface area contributed by atoms with E-state index in [-0.39, 0.29) is 11.9 Å². The molecule has 2 heteroatoms. The largest absolute Gasteiger partial charge is 0.465 e.